The number of hydrogen-bond acceptors (Lipinski definition) is 5. The smallest absolute Gasteiger partial charge is 0.205 e. The zero-order valence-electron chi connectivity index (χ0n) is 20.7. The predicted molar refractivity (Wildman–Crippen MR) is 141 cm³/mol. The summed E-state index contributed by atoms with van der Waals surface area (Å²) in [6.07, 6.45) is 4.97. The third-order valence-corrected chi connectivity index (χ3v) is 7.49. The molecular formula is C29H30N6O2. The molecule has 0 amide bonds. The Balaban J connectivity index is 1.37. The molecular weight excluding hydrogens is 464 g/mol. The molecule has 2 unspecified atom stereocenters. The van der Waals surface area contributed by atoms with E-state index < -0.39 is 0 Å². The van der Waals surface area contributed by atoms with E-state index in [9.17, 15) is 10.2 Å². The molecule has 3 N–H and O–H groups in total. The van der Waals surface area contributed by atoms with Gasteiger partial charge in [0.05, 0.1) is 12.1 Å². The van der Waals surface area contributed by atoms with Gasteiger partial charge in [-0.2, -0.15) is 5.21 Å². The van der Waals surface area contributed by atoms with E-state index in [0.29, 0.717) is 5.82 Å². The monoisotopic (exact) mass is 494 g/mol. The summed E-state index contributed by atoms with van der Waals surface area (Å²) in [7, 11) is 0. The second kappa shape index (κ2) is 9.61. The van der Waals surface area contributed by atoms with Crippen LogP contribution in [0.15, 0.2) is 72.8 Å². The van der Waals surface area contributed by atoms with Crippen molar-refractivity contribution in [3.63, 3.8) is 0 Å². The van der Waals surface area contributed by atoms with E-state index in [-0.39, 0.29) is 23.8 Å². The molecule has 3 aromatic heterocycles. The standard InChI is InChI=1S/C29H30N6O2/c1-2-3-6-21-13-14-25-26(35-27(36)17-18-28(35)37)16-15-24(34(21)25)20-11-9-19(10-12-20)22-7-4-5-8-23(22)29-30-32-33-31-29/h4-5,7-14,17-18,24,26,36-37H,2-3,6,15-16H2,1H3,(H,30,31,32,33). The normalized spacial score (nSPS) is 17.1. The summed E-state index contributed by atoms with van der Waals surface area (Å²) in [6.45, 7) is 2.21. The van der Waals surface area contributed by atoms with Gasteiger partial charge in [-0.25, -0.2) is 0 Å². The Labute approximate surface area is 215 Å². The van der Waals surface area contributed by atoms with Crippen molar-refractivity contribution in [2.75, 3.05) is 0 Å². The number of H-pyrrole nitrogens is 1. The van der Waals surface area contributed by atoms with Crippen LogP contribution in [0.1, 0.15) is 61.6 Å². The first kappa shape index (κ1) is 23.1. The van der Waals surface area contributed by atoms with Crippen LogP contribution >= 0.6 is 0 Å². The number of fused-ring (bicyclic) bond motifs is 1. The molecule has 8 heteroatoms. The third-order valence-electron chi connectivity index (χ3n) is 7.49. The summed E-state index contributed by atoms with van der Waals surface area (Å²) in [4.78, 5) is 0. The van der Waals surface area contributed by atoms with Crippen molar-refractivity contribution >= 4 is 0 Å². The summed E-state index contributed by atoms with van der Waals surface area (Å²) < 4.78 is 4.08. The number of nitrogens with one attached hydrogen (secondary N) is 1. The minimum Gasteiger partial charge on any atom is -0.494 e. The van der Waals surface area contributed by atoms with Crippen molar-refractivity contribution in [1.82, 2.24) is 29.8 Å². The van der Waals surface area contributed by atoms with Crippen molar-refractivity contribution in [2.45, 2.75) is 51.1 Å². The van der Waals surface area contributed by atoms with Gasteiger partial charge in [-0.3, -0.25) is 4.57 Å². The molecule has 4 heterocycles. The van der Waals surface area contributed by atoms with Crippen LogP contribution in [0.4, 0.5) is 0 Å². The van der Waals surface area contributed by atoms with Crippen LogP contribution in [-0.4, -0.2) is 40.0 Å². The van der Waals surface area contributed by atoms with Gasteiger partial charge in [-0.15, -0.1) is 10.2 Å². The van der Waals surface area contributed by atoms with E-state index in [1.54, 1.807) is 16.7 Å². The molecule has 5 aromatic rings. The zero-order valence-corrected chi connectivity index (χ0v) is 20.7. The number of nitrogens with zero attached hydrogens (tertiary/aromatic N) is 5. The molecule has 2 aromatic carbocycles. The van der Waals surface area contributed by atoms with Crippen LogP contribution < -0.4 is 0 Å². The largest absolute Gasteiger partial charge is 0.494 e. The van der Waals surface area contributed by atoms with Crippen molar-refractivity contribution in [1.29, 1.82) is 0 Å². The van der Waals surface area contributed by atoms with E-state index in [0.717, 1.165) is 54.5 Å². The summed E-state index contributed by atoms with van der Waals surface area (Å²) in [5.74, 6) is 0.758. The number of aromatic amines is 1. The average molecular weight is 495 g/mol. The van der Waals surface area contributed by atoms with Gasteiger partial charge in [0, 0.05) is 29.1 Å². The summed E-state index contributed by atoms with van der Waals surface area (Å²) in [5.41, 5.74) is 6.75. The Hall–Kier alpha value is -4.33. The highest BCUT2D eigenvalue weighted by Crippen LogP contribution is 2.43. The molecule has 0 radical (unpaired) electrons. The molecule has 0 saturated carbocycles. The molecule has 8 nitrogen and oxygen atoms in total. The highest BCUT2D eigenvalue weighted by molar-refractivity contribution is 5.80. The Morgan fingerprint density at radius 2 is 1.57 bits per heavy atom. The molecule has 1 aliphatic heterocycles. The maximum atomic E-state index is 10.4. The predicted octanol–water partition coefficient (Wildman–Crippen LogP) is 5.86. The van der Waals surface area contributed by atoms with Crippen molar-refractivity contribution in [3.05, 3.63) is 89.7 Å². The number of hydrogen-bond donors (Lipinski definition) is 3. The second-order valence-electron chi connectivity index (χ2n) is 9.65. The molecule has 1 aliphatic rings. The van der Waals surface area contributed by atoms with E-state index in [1.165, 1.54) is 11.3 Å². The van der Waals surface area contributed by atoms with Gasteiger partial charge >= 0.3 is 0 Å². The Kier molecular flexibility index (Phi) is 6.00. The van der Waals surface area contributed by atoms with Gasteiger partial charge in [0.2, 0.25) is 5.82 Å². The molecule has 0 fully saturated rings. The highest BCUT2D eigenvalue weighted by atomic mass is 16.3. The molecule has 6 rings (SSSR count). The van der Waals surface area contributed by atoms with Crippen molar-refractivity contribution in [3.8, 4) is 34.3 Å². The minimum absolute atomic E-state index is 0.0911. The molecule has 0 aliphatic carbocycles. The number of aryl methyl sites for hydroxylation is 1. The Morgan fingerprint density at radius 1 is 0.838 bits per heavy atom. The van der Waals surface area contributed by atoms with Gasteiger partial charge in [-0.05, 0) is 59.7 Å². The van der Waals surface area contributed by atoms with E-state index in [2.05, 4.69) is 74.6 Å². The minimum atomic E-state index is -0.109. The molecule has 188 valence electrons. The van der Waals surface area contributed by atoms with E-state index >= 15 is 0 Å². The first-order valence-electron chi connectivity index (χ1n) is 12.9. The van der Waals surface area contributed by atoms with Crippen LogP contribution in [0.25, 0.3) is 22.5 Å². The van der Waals surface area contributed by atoms with Gasteiger partial charge in [0.25, 0.3) is 0 Å². The molecule has 0 spiro atoms. The third kappa shape index (κ3) is 4.08. The van der Waals surface area contributed by atoms with Gasteiger partial charge in [0.1, 0.15) is 0 Å². The lowest BCUT2D eigenvalue weighted by atomic mass is 9.91. The quantitative estimate of drug-likeness (QED) is 0.263. The van der Waals surface area contributed by atoms with Gasteiger partial charge in [0.15, 0.2) is 11.8 Å². The lowest BCUT2D eigenvalue weighted by Crippen LogP contribution is -2.26. The number of aromatic nitrogens is 6. The first-order valence-corrected chi connectivity index (χ1v) is 12.9. The van der Waals surface area contributed by atoms with E-state index in [4.69, 9.17) is 0 Å². The highest BCUT2D eigenvalue weighted by Gasteiger charge is 2.32. The number of tetrazole rings is 1. The lowest BCUT2D eigenvalue weighted by molar-refractivity contribution is 0.301. The fourth-order valence-electron chi connectivity index (χ4n) is 5.73. The van der Waals surface area contributed by atoms with Crippen molar-refractivity contribution < 1.29 is 10.2 Å². The molecule has 2 atom stereocenters. The molecule has 0 bridgehead atoms. The van der Waals surface area contributed by atoms with Gasteiger partial charge in [-0.1, -0.05) is 61.9 Å². The number of benzene rings is 2. The summed E-state index contributed by atoms with van der Waals surface area (Å²) in [5, 5.41) is 35.5. The second-order valence-corrected chi connectivity index (χ2v) is 9.65. The topological polar surface area (TPSA) is 105 Å². The average Bonchev–Trinajstić information content (AvgIpc) is 3.68. The number of rotatable bonds is 7. The van der Waals surface area contributed by atoms with E-state index in [1.807, 2.05) is 18.2 Å². The van der Waals surface area contributed by atoms with Crippen LogP contribution in [0, 0.1) is 0 Å². The maximum Gasteiger partial charge on any atom is 0.205 e. The van der Waals surface area contributed by atoms with Crippen LogP contribution in [0.3, 0.4) is 0 Å². The summed E-state index contributed by atoms with van der Waals surface area (Å²) >= 11 is 0. The first-order chi connectivity index (χ1) is 18.2. The lowest BCUT2D eigenvalue weighted by Gasteiger charge is -2.35. The fraction of sp³-hybridized carbons (Fsp3) is 0.276. The zero-order chi connectivity index (χ0) is 25.4. The number of aromatic hydroxyl groups is 2. The number of unbranched alkanes of at least 4 members (excludes halogenated alkanes) is 1. The Bertz CT molecular complexity index is 1480. The van der Waals surface area contributed by atoms with Crippen LogP contribution in [0.5, 0.6) is 11.8 Å². The van der Waals surface area contributed by atoms with Gasteiger partial charge < -0.3 is 14.8 Å². The SMILES string of the molecule is CCCCc1ccc2n1C(c1ccc(-c3ccccc3-c3nn[nH]n3)cc1)CCC2n1c(O)ccc1O. The van der Waals surface area contributed by atoms with Crippen LogP contribution in [-0.2, 0) is 6.42 Å². The molecule has 37 heavy (non-hydrogen) atoms. The van der Waals surface area contributed by atoms with Crippen LogP contribution in [0.2, 0.25) is 0 Å². The maximum absolute atomic E-state index is 10.4. The summed E-state index contributed by atoms with van der Waals surface area (Å²) in [6, 6.07) is 24.4. The fourth-order valence-corrected chi connectivity index (χ4v) is 5.73. The Morgan fingerprint density at radius 3 is 2.27 bits per heavy atom. The van der Waals surface area contributed by atoms with Crippen molar-refractivity contribution in [2.24, 2.45) is 0 Å². The molecule has 0 saturated heterocycles.